The number of fused-ring (bicyclic) bond motifs is 1. The molecule has 2 aromatic carbocycles. The van der Waals surface area contributed by atoms with Gasteiger partial charge in [-0.25, -0.2) is 4.98 Å². The second-order valence-electron chi connectivity index (χ2n) is 3.94. The van der Waals surface area contributed by atoms with Gasteiger partial charge in [0.15, 0.2) is 0 Å². The van der Waals surface area contributed by atoms with Gasteiger partial charge in [0.25, 0.3) is 0 Å². The summed E-state index contributed by atoms with van der Waals surface area (Å²) in [6.45, 7) is 0. The predicted molar refractivity (Wildman–Crippen MR) is 78.8 cm³/mol. The van der Waals surface area contributed by atoms with E-state index >= 15 is 0 Å². The van der Waals surface area contributed by atoms with Crippen molar-refractivity contribution in [3.05, 3.63) is 64.1 Å². The first kappa shape index (κ1) is 12.0. The van der Waals surface area contributed by atoms with Crippen LogP contribution in [-0.4, -0.2) is 4.98 Å². The summed E-state index contributed by atoms with van der Waals surface area (Å²) in [5.41, 5.74) is 1.97. The third kappa shape index (κ3) is 2.24. The summed E-state index contributed by atoms with van der Waals surface area (Å²) in [6, 6.07) is 15.7. The number of benzene rings is 2. The SMILES string of the molecule is Clc1ccc2sc(C(Cl)c3ccccc3)nc2c1. The van der Waals surface area contributed by atoms with E-state index in [0.29, 0.717) is 5.02 Å². The maximum Gasteiger partial charge on any atom is 0.116 e. The zero-order valence-electron chi connectivity index (χ0n) is 9.31. The molecule has 1 unspecified atom stereocenters. The van der Waals surface area contributed by atoms with E-state index in [1.807, 2.05) is 48.5 Å². The molecule has 0 fully saturated rings. The van der Waals surface area contributed by atoms with E-state index in [1.165, 1.54) is 0 Å². The molecule has 0 aliphatic heterocycles. The Kier molecular flexibility index (Phi) is 3.25. The molecule has 0 N–H and O–H groups in total. The van der Waals surface area contributed by atoms with Gasteiger partial charge in [-0.3, -0.25) is 0 Å². The van der Waals surface area contributed by atoms with Crippen molar-refractivity contribution in [2.45, 2.75) is 5.38 Å². The average molecular weight is 294 g/mol. The lowest BCUT2D eigenvalue weighted by Crippen LogP contribution is -1.91. The predicted octanol–water partition coefficient (Wildman–Crippen LogP) is 5.28. The monoisotopic (exact) mass is 293 g/mol. The van der Waals surface area contributed by atoms with Gasteiger partial charge in [0.1, 0.15) is 10.4 Å². The first-order chi connectivity index (χ1) is 8.74. The average Bonchev–Trinajstić information content (AvgIpc) is 2.81. The molecule has 0 saturated heterocycles. The van der Waals surface area contributed by atoms with Crippen molar-refractivity contribution >= 4 is 44.8 Å². The standard InChI is InChI=1S/C14H9Cl2NS/c15-10-6-7-12-11(8-10)17-14(18-12)13(16)9-4-2-1-3-5-9/h1-8,13H. The van der Waals surface area contributed by atoms with Crippen molar-refractivity contribution in [2.75, 3.05) is 0 Å². The second kappa shape index (κ2) is 4.88. The number of halogens is 2. The van der Waals surface area contributed by atoms with Gasteiger partial charge in [0.05, 0.1) is 10.2 Å². The minimum absolute atomic E-state index is 0.206. The van der Waals surface area contributed by atoms with Crippen LogP contribution < -0.4 is 0 Å². The third-order valence-corrected chi connectivity index (χ3v) is 4.60. The van der Waals surface area contributed by atoms with Crippen molar-refractivity contribution in [1.82, 2.24) is 4.98 Å². The molecular formula is C14H9Cl2NS. The summed E-state index contributed by atoms with van der Waals surface area (Å²) < 4.78 is 1.11. The lowest BCUT2D eigenvalue weighted by molar-refractivity contribution is 1.11. The molecule has 18 heavy (non-hydrogen) atoms. The summed E-state index contributed by atoms with van der Waals surface area (Å²) in [5, 5.41) is 1.40. The zero-order chi connectivity index (χ0) is 12.5. The maximum absolute atomic E-state index is 6.46. The molecular weight excluding hydrogens is 285 g/mol. The van der Waals surface area contributed by atoms with E-state index in [2.05, 4.69) is 4.98 Å². The maximum atomic E-state index is 6.46. The Bertz CT molecular complexity index is 679. The molecule has 3 rings (SSSR count). The summed E-state index contributed by atoms with van der Waals surface area (Å²) in [5.74, 6) is 0. The molecule has 1 atom stereocenters. The Hall–Kier alpha value is -1.09. The van der Waals surface area contributed by atoms with Gasteiger partial charge in [0.2, 0.25) is 0 Å². The van der Waals surface area contributed by atoms with Gasteiger partial charge in [-0.05, 0) is 23.8 Å². The number of nitrogens with zero attached hydrogens (tertiary/aromatic N) is 1. The Morgan fingerprint density at radius 1 is 1.06 bits per heavy atom. The minimum atomic E-state index is -0.206. The second-order valence-corrected chi connectivity index (χ2v) is 5.87. The number of rotatable bonds is 2. The molecule has 1 aromatic heterocycles. The molecule has 0 saturated carbocycles. The van der Waals surface area contributed by atoms with E-state index in [0.717, 1.165) is 20.8 Å². The van der Waals surface area contributed by atoms with Crippen LogP contribution in [0.1, 0.15) is 15.9 Å². The molecule has 1 nitrogen and oxygen atoms in total. The van der Waals surface area contributed by atoms with E-state index in [1.54, 1.807) is 11.3 Å². The quantitative estimate of drug-likeness (QED) is 0.586. The van der Waals surface area contributed by atoms with Crippen LogP contribution in [0, 0.1) is 0 Å². The number of aromatic nitrogens is 1. The highest BCUT2D eigenvalue weighted by molar-refractivity contribution is 7.18. The summed E-state index contributed by atoms with van der Waals surface area (Å²) >= 11 is 14.0. The number of thiazole rings is 1. The smallest absolute Gasteiger partial charge is 0.116 e. The van der Waals surface area contributed by atoms with Crippen LogP contribution >= 0.6 is 34.5 Å². The molecule has 0 amide bonds. The number of hydrogen-bond acceptors (Lipinski definition) is 2. The van der Waals surface area contributed by atoms with Gasteiger partial charge in [-0.1, -0.05) is 41.9 Å². The highest BCUT2D eigenvalue weighted by atomic mass is 35.5. The van der Waals surface area contributed by atoms with Crippen LogP contribution in [0.15, 0.2) is 48.5 Å². The fraction of sp³-hybridized carbons (Fsp3) is 0.0714. The topological polar surface area (TPSA) is 12.9 Å². The zero-order valence-corrected chi connectivity index (χ0v) is 11.6. The minimum Gasteiger partial charge on any atom is -0.239 e. The molecule has 0 aliphatic carbocycles. The van der Waals surface area contributed by atoms with Crippen LogP contribution in [0.4, 0.5) is 0 Å². The highest BCUT2D eigenvalue weighted by Gasteiger charge is 2.15. The van der Waals surface area contributed by atoms with E-state index in [9.17, 15) is 0 Å². The molecule has 0 spiro atoms. The van der Waals surface area contributed by atoms with Crippen LogP contribution in [0.25, 0.3) is 10.2 Å². The van der Waals surface area contributed by atoms with E-state index < -0.39 is 0 Å². The summed E-state index contributed by atoms with van der Waals surface area (Å²) in [7, 11) is 0. The van der Waals surface area contributed by atoms with Crippen molar-refractivity contribution in [1.29, 1.82) is 0 Å². The lowest BCUT2D eigenvalue weighted by Gasteiger charge is -2.05. The van der Waals surface area contributed by atoms with E-state index in [4.69, 9.17) is 23.2 Å². The molecule has 0 bridgehead atoms. The van der Waals surface area contributed by atoms with Crippen LogP contribution in [0.5, 0.6) is 0 Å². The first-order valence-electron chi connectivity index (χ1n) is 5.49. The highest BCUT2D eigenvalue weighted by Crippen LogP contribution is 2.35. The number of hydrogen-bond donors (Lipinski definition) is 0. The Morgan fingerprint density at radius 3 is 2.61 bits per heavy atom. The van der Waals surface area contributed by atoms with Gasteiger partial charge in [-0.15, -0.1) is 22.9 Å². The fourth-order valence-corrected chi connectivity index (χ4v) is 3.24. The summed E-state index contributed by atoms with van der Waals surface area (Å²) in [6.07, 6.45) is 0. The van der Waals surface area contributed by atoms with Crippen LogP contribution in [-0.2, 0) is 0 Å². The lowest BCUT2D eigenvalue weighted by atomic mass is 10.1. The van der Waals surface area contributed by atoms with Crippen molar-refractivity contribution in [3.63, 3.8) is 0 Å². The molecule has 90 valence electrons. The molecule has 0 radical (unpaired) electrons. The van der Waals surface area contributed by atoms with Crippen LogP contribution in [0.2, 0.25) is 5.02 Å². The molecule has 1 heterocycles. The normalized spacial score (nSPS) is 12.8. The van der Waals surface area contributed by atoms with Crippen molar-refractivity contribution in [3.8, 4) is 0 Å². The Labute approximate surface area is 119 Å². The van der Waals surface area contributed by atoms with Gasteiger partial charge >= 0.3 is 0 Å². The van der Waals surface area contributed by atoms with Gasteiger partial charge < -0.3 is 0 Å². The third-order valence-electron chi connectivity index (χ3n) is 2.68. The van der Waals surface area contributed by atoms with E-state index in [-0.39, 0.29) is 5.38 Å². The molecule has 4 heteroatoms. The van der Waals surface area contributed by atoms with Crippen LogP contribution in [0.3, 0.4) is 0 Å². The Balaban J connectivity index is 2.04. The van der Waals surface area contributed by atoms with Crippen molar-refractivity contribution < 1.29 is 0 Å². The summed E-state index contributed by atoms with van der Waals surface area (Å²) in [4.78, 5) is 4.55. The fourth-order valence-electron chi connectivity index (χ4n) is 1.79. The number of alkyl halides is 1. The first-order valence-corrected chi connectivity index (χ1v) is 7.12. The van der Waals surface area contributed by atoms with Gasteiger partial charge in [0, 0.05) is 5.02 Å². The largest absolute Gasteiger partial charge is 0.239 e. The van der Waals surface area contributed by atoms with Crippen molar-refractivity contribution in [2.24, 2.45) is 0 Å². The van der Waals surface area contributed by atoms with Gasteiger partial charge in [-0.2, -0.15) is 0 Å². The molecule has 3 aromatic rings. The molecule has 0 aliphatic rings. The Morgan fingerprint density at radius 2 is 1.83 bits per heavy atom.